The number of ether oxygens (including phenoxy) is 2. The lowest BCUT2D eigenvalue weighted by atomic mass is 10.0. The average molecular weight is 343 g/mol. The van der Waals surface area contributed by atoms with Crippen LogP contribution in [0.3, 0.4) is 0 Å². The van der Waals surface area contributed by atoms with Crippen molar-refractivity contribution in [1.29, 1.82) is 0 Å². The summed E-state index contributed by atoms with van der Waals surface area (Å²) in [6.45, 7) is 9.90. The van der Waals surface area contributed by atoms with E-state index in [4.69, 9.17) is 9.47 Å². The minimum absolute atomic E-state index is 0.146. The normalized spacial score (nSPS) is 21.6. The van der Waals surface area contributed by atoms with E-state index in [2.05, 4.69) is 0 Å². The molecule has 1 aliphatic rings. The van der Waals surface area contributed by atoms with Gasteiger partial charge in [-0.2, -0.15) is 0 Å². The molecule has 0 unspecified atom stereocenters. The summed E-state index contributed by atoms with van der Waals surface area (Å²) in [5, 5.41) is 9.27. The number of carboxylic acid groups (broad SMARTS) is 1. The molecule has 0 spiro atoms. The summed E-state index contributed by atoms with van der Waals surface area (Å²) in [5.41, 5.74) is -1.58. The van der Waals surface area contributed by atoms with Gasteiger partial charge in [-0.3, -0.25) is 9.59 Å². The van der Waals surface area contributed by atoms with Crippen molar-refractivity contribution in [2.24, 2.45) is 5.92 Å². The van der Waals surface area contributed by atoms with Crippen molar-refractivity contribution < 1.29 is 33.8 Å². The number of amides is 2. The van der Waals surface area contributed by atoms with E-state index < -0.39 is 47.1 Å². The van der Waals surface area contributed by atoms with E-state index >= 15 is 0 Å². The number of rotatable bonds is 3. The second-order valence-corrected chi connectivity index (χ2v) is 7.77. The highest BCUT2D eigenvalue weighted by Crippen LogP contribution is 2.30. The molecular weight excluding hydrogens is 318 g/mol. The van der Waals surface area contributed by atoms with Crippen LogP contribution in [0.25, 0.3) is 0 Å². The Hall–Kier alpha value is -2.12. The number of carbonyl (C=O) groups is 4. The second-order valence-electron chi connectivity index (χ2n) is 7.77. The molecule has 1 aliphatic heterocycles. The van der Waals surface area contributed by atoms with Gasteiger partial charge in [-0.1, -0.05) is 0 Å². The SMILES string of the molecule is CC(C)(C)OC(=O)C[C@@H]1C[C@@H](C(=O)O)N(C(=O)OC(C)(C)C)C1=O. The van der Waals surface area contributed by atoms with Gasteiger partial charge in [0.15, 0.2) is 0 Å². The first kappa shape index (κ1) is 19.9. The molecule has 0 bridgehead atoms. The Balaban J connectivity index is 2.90. The van der Waals surface area contributed by atoms with E-state index in [1.54, 1.807) is 41.5 Å². The summed E-state index contributed by atoms with van der Waals surface area (Å²) in [6, 6.07) is -1.35. The average Bonchev–Trinajstić information content (AvgIpc) is 2.62. The third-order valence-electron chi connectivity index (χ3n) is 3.11. The molecule has 8 nitrogen and oxygen atoms in total. The molecule has 1 N–H and O–H groups in total. The summed E-state index contributed by atoms with van der Waals surface area (Å²) in [7, 11) is 0. The number of nitrogens with zero attached hydrogens (tertiary/aromatic N) is 1. The van der Waals surface area contributed by atoms with E-state index in [0.29, 0.717) is 4.90 Å². The topological polar surface area (TPSA) is 110 Å². The quantitative estimate of drug-likeness (QED) is 0.780. The molecule has 1 rings (SSSR count). The van der Waals surface area contributed by atoms with Gasteiger partial charge >= 0.3 is 18.0 Å². The lowest BCUT2D eigenvalue weighted by molar-refractivity contribution is -0.157. The largest absolute Gasteiger partial charge is 0.480 e. The Morgan fingerprint density at radius 2 is 1.58 bits per heavy atom. The zero-order chi connectivity index (χ0) is 18.9. The van der Waals surface area contributed by atoms with Crippen molar-refractivity contribution in [2.75, 3.05) is 0 Å². The zero-order valence-corrected chi connectivity index (χ0v) is 14.9. The van der Waals surface area contributed by atoms with Gasteiger partial charge in [0.05, 0.1) is 12.3 Å². The molecule has 0 aliphatic carbocycles. The number of likely N-dealkylation sites (tertiary alicyclic amines) is 1. The van der Waals surface area contributed by atoms with Crippen molar-refractivity contribution in [3.63, 3.8) is 0 Å². The monoisotopic (exact) mass is 343 g/mol. The zero-order valence-electron chi connectivity index (χ0n) is 14.9. The van der Waals surface area contributed by atoms with Gasteiger partial charge in [0.2, 0.25) is 5.91 Å². The van der Waals surface area contributed by atoms with Crippen LogP contribution in [0, 0.1) is 5.92 Å². The van der Waals surface area contributed by atoms with Gasteiger partial charge in [0, 0.05) is 0 Å². The van der Waals surface area contributed by atoms with Gasteiger partial charge in [0.25, 0.3) is 0 Å². The van der Waals surface area contributed by atoms with Crippen LogP contribution in [0.5, 0.6) is 0 Å². The number of hydrogen-bond acceptors (Lipinski definition) is 6. The van der Waals surface area contributed by atoms with Crippen LogP contribution in [-0.2, 0) is 23.9 Å². The van der Waals surface area contributed by atoms with E-state index in [9.17, 15) is 24.3 Å². The maximum absolute atomic E-state index is 12.4. The fourth-order valence-corrected chi connectivity index (χ4v) is 2.32. The van der Waals surface area contributed by atoms with Crippen LogP contribution >= 0.6 is 0 Å². The standard InChI is InChI=1S/C16H25NO7/c1-15(2,3)23-11(18)8-9-7-10(13(20)21)17(12(9)19)14(22)24-16(4,5)6/h9-10H,7-8H2,1-6H3,(H,20,21)/t9-,10-/m0/s1. The van der Waals surface area contributed by atoms with Gasteiger partial charge in [-0.15, -0.1) is 0 Å². The molecule has 0 aromatic carbocycles. The number of imide groups is 1. The van der Waals surface area contributed by atoms with Crippen LogP contribution < -0.4 is 0 Å². The first-order chi connectivity index (χ1) is 10.7. The predicted molar refractivity (Wildman–Crippen MR) is 83.1 cm³/mol. The highest BCUT2D eigenvalue weighted by molar-refractivity contribution is 6.01. The van der Waals surface area contributed by atoms with Crippen LogP contribution in [0.2, 0.25) is 0 Å². The summed E-state index contributed by atoms with van der Waals surface area (Å²) in [6.07, 6.45) is -1.45. The Kier molecular flexibility index (Phi) is 5.63. The molecule has 2 atom stereocenters. The number of esters is 1. The molecule has 1 saturated heterocycles. The summed E-state index contributed by atoms with van der Waals surface area (Å²) < 4.78 is 10.2. The Morgan fingerprint density at radius 1 is 1.08 bits per heavy atom. The Labute approximate surface area is 141 Å². The molecule has 2 amide bonds. The van der Waals surface area contributed by atoms with Crippen molar-refractivity contribution in [3.05, 3.63) is 0 Å². The molecule has 1 heterocycles. The minimum atomic E-state index is -1.35. The maximum Gasteiger partial charge on any atom is 0.417 e. The van der Waals surface area contributed by atoms with Crippen molar-refractivity contribution in [1.82, 2.24) is 4.90 Å². The van der Waals surface area contributed by atoms with Gasteiger partial charge < -0.3 is 14.6 Å². The number of aliphatic carboxylic acids is 1. The van der Waals surface area contributed by atoms with Crippen LogP contribution in [0.4, 0.5) is 4.79 Å². The minimum Gasteiger partial charge on any atom is -0.480 e. The Morgan fingerprint density at radius 3 is 2.00 bits per heavy atom. The van der Waals surface area contributed by atoms with Crippen LogP contribution in [0.15, 0.2) is 0 Å². The molecule has 0 saturated carbocycles. The maximum atomic E-state index is 12.4. The first-order valence-electron chi connectivity index (χ1n) is 7.72. The molecule has 0 aromatic heterocycles. The van der Waals surface area contributed by atoms with E-state index in [1.165, 1.54) is 0 Å². The van der Waals surface area contributed by atoms with E-state index in [0.717, 1.165) is 0 Å². The summed E-state index contributed by atoms with van der Waals surface area (Å²) in [4.78, 5) is 48.4. The summed E-state index contributed by atoms with van der Waals surface area (Å²) >= 11 is 0. The lowest BCUT2D eigenvalue weighted by Crippen LogP contribution is -2.45. The lowest BCUT2D eigenvalue weighted by Gasteiger charge is -2.25. The smallest absolute Gasteiger partial charge is 0.417 e. The van der Waals surface area contributed by atoms with Gasteiger partial charge in [0.1, 0.15) is 17.2 Å². The van der Waals surface area contributed by atoms with Gasteiger partial charge in [-0.05, 0) is 48.0 Å². The second kappa shape index (κ2) is 6.78. The van der Waals surface area contributed by atoms with E-state index in [-0.39, 0.29) is 12.8 Å². The predicted octanol–water partition coefficient (Wildman–Crippen LogP) is 1.96. The fraction of sp³-hybridized carbons (Fsp3) is 0.750. The van der Waals surface area contributed by atoms with Crippen molar-refractivity contribution in [2.45, 2.75) is 71.6 Å². The van der Waals surface area contributed by atoms with Crippen molar-refractivity contribution in [3.8, 4) is 0 Å². The fourth-order valence-electron chi connectivity index (χ4n) is 2.32. The molecule has 136 valence electrons. The molecule has 24 heavy (non-hydrogen) atoms. The number of hydrogen-bond donors (Lipinski definition) is 1. The number of carbonyl (C=O) groups excluding carboxylic acids is 3. The first-order valence-corrected chi connectivity index (χ1v) is 7.72. The van der Waals surface area contributed by atoms with Gasteiger partial charge in [-0.25, -0.2) is 14.5 Å². The van der Waals surface area contributed by atoms with Crippen molar-refractivity contribution >= 4 is 23.9 Å². The summed E-state index contributed by atoms with van der Waals surface area (Å²) in [5.74, 6) is -3.59. The van der Waals surface area contributed by atoms with E-state index in [1.807, 2.05) is 0 Å². The third-order valence-corrected chi connectivity index (χ3v) is 3.11. The third kappa shape index (κ3) is 5.50. The highest BCUT2D eigenvalue weighted by Gasteiger charge is 2.49. The molecular formula is C16H25NO7. The highest BCUT2D eigenvalue weighted by atomic mass is 16.6. The Bertz CT molecular complexity index is 542. The van der Waals surface area contributed by atoms with Crippen LogP contribution in [-0.4, -0.2) is 51.2 Å². The molecule has 8 heteroatoms. The molecule has 1 fully saturated rings. The molecule has 0 radical (unpaired) electrons. The molecule has 0 aromatic rings. The van der Waals surface area contributed by atoms with Crippen LogP contribution in [0.1, 0.15) is 54.4 Å². The number of carboxylic acids is 1.